The molecular formula is C9H21N3. The van der Waals surface area contributed by atoms with Crippen LogP contribution in [0.2, 0.25) is 0 Å². The van der Waals surface area contributed by atoms with Crippen LogP contribution in [0.25, 0.3) is 0 Å². The molecule has 3 heteroatoms. The van der Waals surface area contributed by atoms with Crippen molar-refractivity contribution < 1.29 is 0 Å². The van der Waals surface area contributed by atoms with Gasteiger partial charge in [-0.15, -0.1) is 0 Å². The quantitative estimate of drug-likeness (QED) is 0.616. The SMILES string of the molecule is CC(N)N1CCN(C)CC1(C)C. The van der Waals surface area contributed by atoms with E-state index in [2.05, 4.69) is 37.6 Å². The van der Waals surface area contributed by atoms with Crippen LogP contribution in [0, 0.1) is 0 Å². The highest BCUT2D eigenvalue weighted by atomic mass is 15.3. The van der Waals surface area contributed by atoms with Crippen molar-refractivity contribution in [3.63, 3.8) is 0 Å². The van der Waals surface area contributed by atoms with Gasteiger partial charge in [0.15, 0.2) is 0 Å². The predicted molar refractivity (Wildman–Crippen MR) is 51.9 cm³/mol. The minimum atomic E-state index is 0.175. The molecule has 1 rings (SSSR count). The fourth-order valence-corrected chi connectivity index (χ4v) is 2.17. The van der Waals surface area contributed by atoms with E-state index < -0.39 is 0 Å². The maximum atomic E-state index is 5.90. The average molecular weight is 171 g/mol. The Morgan fingerprint density at radius 2 is 1.92 bits per heavy atom. The summed E-state index contributed by atoms with van der Waals surface area (Å²) in [5.41, 5.74) is 6.12. The molecule has 1 saturated heterocycles. The van der Waals surface area contributed by atoms with Crippen LogP contribution in [0.5, 0.6) is 0 Å². The van der Waals surface area contributed by atoms with Gasteiger partial charge in [-0.3, -0.25) is 4.90 Å². The van der Waals surface area contributed by atoms with E-state index >= 15 is 0 Å². The third-order valence-electron chi connectivity index (χ3n) is 2.65. The van der Waals surface area contributed by atoms with Gasteiger partial charge in [0.1, 0.15) is 0 Å². The van der Waals surface area contributed by atoms with Crippen LogP contribution in [0.15, 0.2) is 0 Å². The fourth-order valence-electron chi connectivity index (χ4n) is 2.17. The first kappa shape index (κ1) is 9.96. The lowest BCUT2D eigenvalue weighted by Gasteiger charge is -2.48. The molecule has 0 aliphatic carbocycles. The van der Waals surface area contributed by atoms with Gasteiger partial charge in [-0.1, -0.05) is 0 Å². The number of nitrogens with zero attached hydrogens (tertiary/aromatic N) is 2. The summed E-state index contributed by atoms with van der Waals surface area (Å²) >= 11 is 0. The second-order valence-electron chi connectivity index (χ2n) is 4.48. The van der Waals surface area contributed by atoms with Crippen LogP contribution < -0.4 is 5.73 Å². The maximum absolute atomic E-state index is 5.90. The van der Waals surface area contributed by atoms with Gasteiger partial charge in [0.25, 0.3) is 0 Å². The molecule has 1 aliphatic rings. The summed E-state index contributed by atoms with van der Waals surface area (Å²) in [7, 11) is 2.17. The van der Waals surface area contributed by atoms with Crippen molar-refractivity contribution in [1.82, 2.24) is 9.80 Å². The molecule has 1 heterocycles. The van der Waals surface area contributed by atoms with Crippen LogP contribution in [0.3, 0.4) is 0 Å². The van der Waals surface area contributed by atoms with Gasteiger partial charge in [0.05, 0.1) is 6.17 Å². The number of nitrogens with two attached hydrogens (primary N) is 1. The minimum Gasteiger partial charge on any atom is -0.316 e. The molecule has 1 fully saturated rings. The van der Waals surface area contributed by atoms with Gasteiger partial charge in [0.2, 0.25) is 0 Å². The molecule has 72 valence electrons. The Balaban J connectivity index is 2.64. The summed E-state index contributed by atoms with van der Waals surface area (Å²) in [6, 6.07) is 0. The fraction of sp³-hybridized carbons (Fsp3) is 1.00. The molecule has 2 N–H and O–H groups in total. The highest BCUT2D eigenvalue weighted by Gasteiger charge is 2.33. The molecule has 12 heavy (non-hydrogen) atoms. The second-order valence-corrected chi connectivity index (χ2v) is 4.48. The number of piperazine rings is 1. The zero-order valence-electron chi connectivity index (χ0n) is 8.67. The predicted octanol–water partition coefficient (Wildman–Crippen LogP) is 0.317. The van der Waals surface area contributed by atoms with Crippen LogP contribution in [-0.4, -0.2) is 48.2 Å². The third kappa shape index (κ3) is 1.97. The molecule has 0 saturated carbocycles. The highest BCUT2D eigenvalue weighted by molar-refractivity contribution is 4.90. The van der Waals surface area contributed by atoms with E-state index in [4.69, 9.17) is 5.73 Å². The van der Waals surface area contributed by atoms with Crippen molar-refractivity contribution >= 4 is 0 Å². The topological polar surface area (TPSA) is 32.5 Å². The molecule has 0 spiro atoms. The van der Waals surface area contributed by atoms with Crippen molar-refractivity contribution in [3.05, 3.63) is 0 Å². The van der Waals surface area contributed by atoms with E-state index in [0.29, 0.717) is 0 Å². The van der Waals surface area contributed by atoms with Gasteiger partial charge < -0.3 is 10.6 Å². The van der Waals surface area contributed by atoms with E-state index in [0.717, 1.165) is 19.6 Å². The Labute approximate surface area is 75.5 Å². The van der Waals surface area contributed by atoms with Gasteiger partial charge in [-0.2, -0.15) is 0 Å². The van der Waals surface area contributed by atoms with Crippen LogP contribution in [-0.2, 0) is 0 Å². The molecule has 0 bridgehead atoms. The molecule has 1 unspecified atom stereocenters. The van der Waals surface area contributed by atoms with Crippen molar-refractivity contribution in [3.8, 4) is 0 Å². The summed E-state index contributed by atoms with van der Waals surface area (Å²) < 4.78 is 0. The van der Waals surface area contributed by atoms with Crippen molar-refractivity contribution in [1.29, 1.82) is 0 Å². The molecule has 1 atom stereocenters. The van der Waals surface area contributed by atoms with E-state index in [-0.39, 0.29) is 11.7 Å². The molecule has 0 aromatic rings. The monoisotopic (exact) mass is 171 g/mol. The summed E-state index contributed by atoms with van der Waals surface area (Å²) in [6.07, 6.45) is 0.175. The van der Waals surface area contributed by atoms with Crippen LogP contribution >= 0.6 is 0 Å². The zero-order chi connectivity index (χ0) is 9.35. The van der Waals surface area contributed by atoms with Crippen molar-refractivity contribution in [2.24, 2.45) is 5.73 Å². The van der Waals surface area contributed by atoms with Gasteiger partial charge in [-0.25, -0.2) is 0 Å². The molecule has 0 radical (unpaired) electrons. The van der Waals surface area contributed by atoms with E-state index in [1.807, 2.05) is 0 Å². The molecular weight excluding hydrogens is 150 g/mol. The summed E-state index contributed by atoms with van der Waals surface area (Å²) in [4.78, 5) is 4.73. The Morgan fingerprint density at radius 1 is 1.33 bits per heavy atom. The smallest absolute Gasteiger partial charge is 0.0548 e. The summed E-state index contributed by atoms with van der Waals surface area (Å²) in [5, 5.41) is 0. The number of hydrogen-bond donors (Lipinski definition) is 1. The summed E-state index contributed by atoms with van der Waals surface area (Å²) in [5.74, 6) is 0. The third-order valence-corrected chi connectivity index (χ3v) is 2.65. The van der Waals surface area contributed by atoms with Crippen LogP contribution in [0.4, 0.5) is 0 Å². The number of hydrogen-bond acceptors (Lipinski definition) is 3. The van der Waals surface area contributed by atoms with E-state index in [9.17, 15) is 0 Å². The number of rotatable bonds is 1. The second kappa shape index (κ2) is 3.32. The van der Waals surface area contributed by atoms with Crippen molar-refractivity contribution in [2.45, 2.75) is 32.5 Å². The highest BCUT2D eigenvalue weighted by Crippen LogP contribution is 2.20. The summed E-state index contributed by atoms with van der Waals surface area (Å²) in [6.45, 7) is 9.89. The zero-order valence-corrected chi connectivity index (χ0v) is 8.67. The first-order valence-electron chi connectivity index (χ1n) is 4.64. The molecule has 0 amide bonds. The van der Waals surface area contributed by atoms with Gasteiger partial charge in [0, 0.05) is 25.2 Å². The first-order valence-corrected chi connectivity index (χ1v) is 4.64. The van der Waals surface area contributed by atoms with Crippen molar-refractivity contribution in [2.75, 3.05) is 26.7 Å². The largest absolute Gasteiger partial charge is 0.316 e. The normalized spacial score (nSPS) is 28.8. The standard InChI is InChI=1S/C9H21N3/c1-8(10)12-6-5-11(4)7-9(12,2)3/h8H,5-7,10H2,1-4H3. The Bertz CT molecular complexity index is 154. The molecule has 1 aliphatic heterocycles. The lowest BCUT2D eigenvalue weighted by Crippen LogP contribution is -2.62. The van der Waals surface area contributed by atoms with E-state index in [1.54, 1.807) is 0 Å². The average Bonchev–Trinajstić information content (AvgIpc) is 1.82. The van der Waals surface area contributed by atoms with Gasteiger partial charge >= 0.3 is 0 Å². The molecule has 0 aromatic carbocycles. The Hall–Kier alpha value is -0.120. The number of likely N-dealkylation sites (N-methyl/N-ethyl adjacent to an activating group) is 1. The maximum Gasteiger partial charge on any atom is 0.0548 e. The lowest BCUT2D eigenvalue weighted by molar-refractivity contribution is 0.00528. The van der Waals surface area contributed by atoms with E-state index in [1.165, 1.54) is 0 Å². The Kier molecular flexibility index (Phi) is 2.76. The minimum absolute atomic E-state index is 0.175. The molecule has 0 aromatic heterocycles. The van der Waals surface area contributed by atoms with Gasteiger partial charge in [-0.05, 0) is 27.8 Å². The Morgan fingerprint density at radius 3 is 2.33 bits per heavy atom. The first-order chi connectivity index (χ1) is 5.43. The molecule has 3 nitrogen and oxygen atoms in total. The lowest BCUT2D eigenvalue weighted by atomic mass is 9.98. The van der Waals surface area contributed by atoms with Crippen LogP contribution in [0.1, 0.15) is 20.8 Å².